The fourth-order valence-electron chi connectivity index (χ4n) is 4.46. The van der Waals surface area contributed by atoms with Crippen LogP contribution in [0.1, 0.15) is 22.3 Å². The minimum absolute atomic E-state index is 0.0666. The molecule has 0 amide bonds. The molecule has 0 atom stereocenters. The predicted molar refractivity (Wildman–Crippen MR) is 145 cm³/mol. The van der Waals surface area contributed by atoms with E-state index in [-0.39, 0.29) is 5.52 Å². The summed E-state index contributed by atoms with van der Waals surface area (Å²) in [6.07, 6.45) is -2.42. The zero-order valence-corrected chi connectivity index (χ0v) is 21.0. The van der Waals surface area contributed by atoms with Crippen LogP contribution in [0.15, 0.2) is 97.2 Å². The highest BCUT2D eigenvalue weighted by molar-refractivity contribution is 6.36. The number of aromatic nitrogens is 1. The normalized spacial score (nSPS) is 11.6. The Morgan fingerprint density at radius 2 is 1.49 bits per heavy atom. The van der Waals surface area contributed by atoms with Gasteiger partial charge in [0.15, 0.2) is 0 Å². The molecule has 2 nitrogen and oxygen atoms in total. The van der Waals surface area contributed by atoms with E-state index in [0.29, 0.717) is 28.4 Å². The number of hydrogen-bond acceptors (Lipinski definition) is 2. The van der Waals surface area contributed by atoms with E-state index in [2.05, 4.69) is 10.3 Å². The molecular weight excluding hydrogens is 516 g/mol. The van der Waals surface area contributed by atoms with Gasteiger partial charge in [-0.2, -0.15) is 13.2 Å². The minimum atomic E-state index is -4.51. The Labute approximate surface area is 222 Å². The van der Waals surface area contributed by atoms with Crippen molar-refractivity contribution in [3.05, 3.63) is 129 Å². The molecule has 37 heavy (non-hydrogen) atoms. The van der Waals surface area contributed by atoms with Gasteiger partial charge < -0.3 is 5.32 Å². The molecule has 1 heterocycles. The van der Waals surface area contributed by atoms with Gasteiger partial charge >= 0.3 is 6.18 Å². The SMILES string of the molecule is FC(F)(F)c1cccc2c(-c3cccc(NCc4c(Cl)cccc4Cl)c3)c(Cc3ccccc3)cnc12. The number of pyridine rings is 1. The van der Waals surface area contributed by atoms with Crippen LogP contribution in [0.4, 0.5) is 18.9 Å². The standard InChI is InChI=1S/C30H21Cl2F3N2/c31-26-13-6-14-27(32)24(26)18-36-22-10-4-9-20(16-22)28-21(15-19-7-2-1-3-8-19)17-37-29-23(28)11-5-12-25(29)30(33,34)35/h1-14,16-17,36H,15,18H2. The highest BCUT2D eigenvalue weighted by atomic mass is 35.5. The summed E-state index contributed by atoms with van der Waals surface area (Å²) in [4.78, 5) is 4.28. The highest BCUT2D eigenvalue weighted by Crippen LogP contribution is 2.39. The van der Waals surface area contributed by atoms with Crippen LogP contribution in [0.2, 0.25) is 10.0 Å². The molecule has 4 aromatic carbocycles. The number of nitrogens with zero attached hydrogens (tertiary/aromatic N) is 1. The number of para-hydroxylation sites is 1. The van der Waals surface area contributed by atoms with Crippen molar-refractivity contribution in [3.8, 4) is 11.1 Å². The molecule has 186 valence electrons. The summed E-state index contributed by atoms with van der Waals surface area (Å²) in [5, 5.41) is 4.91. The van der Waals surface area contributed by atoms with Gasteiger partial charge in [-0.3, -0.25) is 4.98 Å². The van der Waals surface area contributed by atoms with Crippen LogP contribution in [-0.2, 0) is 19.1 Å². The number of alkyl halides is 3. The van der Waals surface area contributed by atoms with Crippen molar-refractivity contribution in [1.82, 2.24) is 4.98 Å². The number of fused-ring (bicyclic) bond motifs is 1. The molecule has 1 N–H and O–H groups in total. The molecule has 0 saturated heterocycles. The molecule has 5 aromatic rings. The van der Waals surface area contributed by atoms with Crippen molar-refractivity contribution in [1.29, 1.82) is 0 Å². The molecule has 0 radical (unpaired) electrons. The zero-order valence-electron chi connectivity index (χ0n) is 19.5. The van der Waals surface area contributed by atoms with Gasteiger partial charge in [0, 0.05) is 39.4 Å². The van der Waals surface area contributed by atoms with Crippen molar-refractivity contribution < 1.29 is 13.2 Å². The van der Waals surface area contributed by atoms with Gasteiger partial charge in [-0.15, -0.1) is 0 Å². The monoisotopic (exact) mass is 536 g/mol. The highest BCUT2D eigenvalue weighted by Gasteiger charge is 2.33. The summed E-state index contributed by atoms with van der Waals surface area (Å²) in [6.45, 7) is 0.397. The number of rotatable bonds is 6. The van der Waals surface area contributed by atoms with Crippen molar-refractivity contribution >= 4 is 39.8 Å². The average Bonchev–Trinajstić information content (AvgIpc) is 2.88. The molecular formula is C30H21Cl2F3N2. The van der Waals surface area contributed by atoms with Crippen LogP contribution in [-0.4, -0.2) is 4.98 Å². The molecule has 0 aliphatic rings. The molecule has 0 bridgehead atoms. The van der Waals surface area contributed by atoms with Crippen LogP contribution in [0, 0.1) is 0 Å². The van der Waals surface area contributed by atoms with E-state index in [1.165, 1.54) is 6.07 Å². The van der Waals surface area contributed by atoms with Gasteiger partial charge in [0.25, 0.3) is 0 Å². The summed E-state index contributed by atoms with van der Waals surface area (Å²) in [7, 11) is 0. The number of benzene rings is 4. The number of hydrogen-bond donors (Lipinski definition) is 1. The zero-order chi connectivity index (χ0) is 26.0. The van der Waals surface area contributed by atoms with Crippen molar-refractivity contribution in [2.75, 3.05) is 5.32 Å². The predicted octanol–water partition coefficient (Wildman–Crippen LogP) is 9.43. The van der Waals surface area contributed by atoms with E-state index in [9.17, 15) is 13.2 Å². The summed E-state index contributed by atoms with van der Waals surface area (Å²) in [5.41, 5.74) is 4.13. The first-order valence-electron chi connectivity index (χ1n) is 11.6. The van der Waals surface area contributed by atoms with Crippen molar-refractivity contribution in [2.45, 2.75) is 19.1 Å². The molecule has 0 fully saturated rings. The first kappa shape index (κ1) is 25.1. The lowest BCUT2D eigenvalue weighted by Gasteiger charge is -2.17. The molecule has 0 aliphatic heterocycles. The fraction of sp³-hybridized carbons (Fsp3) is 0.100. The Bertz CT molecular complexity index is 1550. The summed E-state index contributed by atoms with van der Waals surface area (Å²) in [5.74, 6) is 0. The maximum atomic E-state index is 13.8. The van der Waals surface area contributed by atoms with Gasteiger partial charge in [-0.05, 0) is 59.0 Å². The lowest BCUT2D eigenvalue weighted by Crippen LogP contribution is -2.07. The Morgan fingerprint density at radius 1 is 0.784 bits per heavy atom. The van der Waals surface area contributed by atoms with Gasteiger partial charge in [-0.25, -0.2) is 0 Å². The smallest absolute Gasteiger partial charge is 0.381 e. The van der Waals surface area contributed by atoms with Crippen LogP contribution in [0.5, 0.6) is 0 Å². The Hall–Kier alpha value is -3.54. The van der Waals surface area contributed by atoms with Crippen LogP contribution < -0.4 is 5.32 Å². The van der Waals surface area contributed by atoms with Crippen LogP contribution >= 0.6 is 23.2 Å². The summed E-state index contributed by atoms with van der Waals surface area (Å²) < 4.78 is 41.5. The van der Waals surface area contributed by atoms with Crippen molar-refractivity contribution in [3.63, 3.8) is 0 Å². The summed E-state index contributed by atoms with van der Waals surface area (Å²) >= 11 is 12.6. The molecule has 0 unspecified atom stereocenters. The van der Waals surface area contributed by atoms with Crippen LogP contribution in [0.3, 0.4) is 0 Å². The maximum Gasteiger partial charge on any atom is 0.418 e. The average molecular weight is 537 g/mol. The third kappa shape index (κ3) is 5.43. The van der Waals surface area contributed by atoms with Gasteiger partial charge in [0.05, 0.1) is 11.1 Å². The van der Waals surface area contributed by atoms with Gasteiger partial charge in [-0.1, -0.05) is 83.9 Å². The molecule has 0 spiro atoms. The van der Waals surface area contributed by atoms with E-state index >= 15 is 0 Å². The van der Waals surface area contributed by atoms with E-state index in [1.807, 2.05) is 54.6 Å². The lowest BCUT2D eigenvalue weighted by molar-refractivity contribution is -0.136. The first-order valence-corrected chi connectivity index (χ1v) is 12.4. The maximum absolute atomic E-state index is 13.8. The molecule has 7 heteroatoms. The number of anilines is 1. The summed E-state index contributed by atoms with van der Waals surface area (Å²) in [6, 6.07) is 26.9. The Morgan fingerprint density at radius 3 is 2.22 bits per heavy atom. The third-order valence-corrected chi connectivity index (χ3v) is 6.91. The number of nitrogens with one attached hydrogen (secondary N) is 1. The van der Waals surface area contributed by atoms with Gasteiger partial charge in [0.2, 0.25) is 0 Å². The van der Waals surface area contributed by atoms with E-state index in [1.54, 1.807) is 30.5 Å². The first-order chi connectivity index (χ1) is 17.8. The Balaban J connectivity index is 1.61. The van der Waals surface area contributed by atoms with Crippen LogP contribution in [0.25, 0.3) is 22.0 Å². The topological polar surface area (TPSA) is 24.9 Å². The van der Waals surface area contributed by atoms with Crippen molar-refractivity contribution in [2.24, 2.45) is 0 Å². The third-order valence-electron chi connectivity index (χ3n) is 6.20. The molecule has 0 aliphatic carbocycles. The molecule has 5 rings (SSSR count). The van der Waals surface area contributed by atoms with E-state index in [0.717, 1.165) is 39.6 Å². The molecule has 1 aromatic heterocycles. The lowest BCUT2D eigenvalue weighted by atomic mass is 9.91. The van der Waals surface area contributed by atoms with Gasteiger partial charge in [0.1, 0.15) is 0 Å². The largest absolute Gasteiger partial charge is 0.418 e. The quantitative estimate of drug-likeness (QED) is 0.233. The van der Waals surface area contributed by atoms with E-state index in [4.69, 9.17) is 23.2 Å². The minimum Gasteiger partial charge on any atom is -0.381 e. The second-order valence-electron chi connectivity index (χ2n) is 8.65. The second kappa shape index (κ2) is 10.4. The van der Waals surface area contributed by atoms with E-state index < -0.39 is 11.7 Å². The molecule has 0 saturated carbocycles. The Kier molecular flexibility index (Phi) is 7.09. The number of halogens is 5. The fourth-order valence-corrected chi connectivity index (χ4v) is 4.99. The second-order valence-corrected chi connectivity index (χ2v) is 9.47.